The van der Waals surface area contributed by atoms with Crippen LogP contribution in [0.5, 0.6) is 0 Å². The van der Waals surface area contributed by atoms with E-state index in [9.17, 15) is 22.8 Å². The molecule has 0 unspecified atom stereocenters. The highest BCUT2D eigenvalue weighted by Crippen LogP contribution is 2.16. The largest absolute Gasteiger partial charge is 0.383 e. The summed E-state index contributed by atoms with van der Waals surface area (Å²) in [5.74, 6) is -0.789. The number of ether oxygens (including phenoxy) is 1. The average molecular weight is 411 g/mol. The first-order chi connectivity index (χ1) is 13.3. The van der Waals surface area contributed by atoms with Gasteiger partial charge in [0.15, 0.2) is 0 Å². The van der Waals surface area contributed by atoms with Crippen molar-refractivity contribution in [2.75, 3.05) is 33.4 Å². The van der Waals surface area contributed by atoms with Crippen LogP contribution in [0.4, 0.5) is 0 Å². The van der Waals surface area contributed by atoms with Crippen LogP contribution in [0.3, 0.4) is 0 Å². The van der Waals surface area contributed by atoms with Crippen molar-refractivity contribution in [3.8, 4) is 0 Å². The van der Waals surface area contributed by atoms with Gasteiger partial charge in [0.2, 0.25) is 21.8 Å². The number of sulfonamides is 1. The van der Waals surface area contributed by atoms with E-state index in [4.69, 9.17) is 4.74 Å². The SMILES string of the molecule is COCCNS(=O)(=O)c1ccc(C)c(C(=O)NCCCN2C(=O)CCC2=O)c1. The Morgan fingerprint density at radius 3 is 2.50 bits per heavy atom. The Morgan fingerprint density at radius 1 is 1.18 bits per heavy atom. The monoisotopic (exact) mass is 411 g/mol. The molecule has 0 bridgehead atoms. The normalized spacial score (nSPS) is 14.6. The molecule has 10 heteroatoms. The van der Waals surface area contributed by atoms with Gasteiger partial charge in [0, 0.05) is 45.1 Å². The maximum Gasteiger partial charge on any atom is 0.251 e. The summed E-state index contributed by atoms with van der Waals surface area (Å²) in [7, 11) is -2.28. The molecule has 1 heterocycles. The molecular formula is C18H25N3O6S. The lowest BCUT2D eigenvalue weighted by molar-refractivity contribution is -0.138. The van der Waals surface area contributed by atoms with Gasteiger partial charge in [-0.3, -0.25) is 19.3 Å². The average Bonchev–Trinajstić information content (AvgIpc) is 2.97. The van der Waals surface area contributed by atoms with Crippen LogP contribution in [0.25, 0.3) is 0 Å². The number of nitrogens with zero attached hydrogens (tertiary/aromatic N) is 1. The van der Waals surface area contributed by atoms with Gasteiger partial charge in [-0.25, -0.2) is 13.1 Å². The number of methoxy groups -OCH3 is 1. The first kappa shape index (κ1) is 22.0. The first-order valence-corrected chi connectivity index (χ1v) is 10.4. The number of imide groups is 1. The second kappa shape index (κ2) is 9.76. The van der Waals surface area contributed by atoms with Crippen LogP contribution in [0, 0.1) is 6.92 Å². The van der Waals surface area contributed by atoms with Gasteiger partial charge < -0.3 is 10.1 Å². The summed E-state index contributed by atoms with van der Waals surface area (Å²) in [5, 5.41) is 2.70. The van der Waals surface area contributed by atoms with E-state index in [1.165, 1.54) is 24.1 Å². The number of carbonyl (C=O) groups excluding carboxylic acids is 3. The molecule has 1 aromatic rings. The van der Waals surface area contributed by atoms with Crippen molar-refractivity contribution in [1.82, 2.24) is 14.9 Å². The summed E-state index contributed by atoms with van der Waals surface area (Å²) in [6.07, 6.45) is 0.910. The lowest BCUT2D eigenvalue weighted by Gasteiger charge is -2.14. The van der Waals surface area contributed by atoms with Gasteiger partial charge in [0.05, 0.1) is 11.5 Å². The number of nitrogens with one attached hydrogen (secondary N) is 2. The Bertz CT molecular complexity index is 837. The van der Waals surface area contributed by atoms with Gasteiger partial charge in [-0.2, -0.15) is 0 Å². The van der Waals surface area contributed by atoms with E-state index in [1.807, 2.05) is 0 Å². The van der Waals surface area contributed by atoms with Crippen LogP contribution in [0.1, 0.15) is 35.2 Å². The molecule has 1 aromatic carbocycles. The van der Waals surface area contributed by atoms with Crippen molar-refractivity contribution in [3.05, 3.63) is 29.3 Å². The van der Waals surface area contributed by atoms with Gasteiger partial charge in [-0.05, 0) is 31.0 Å². The lowest BCUT2D eigenvalue weighted by Crippen LogP contribution is -2.33. The predicted octanol–water partition coefficient (Wildman–Crippen LogP) is 0.189. The van der Waals surface area contributed by atoms with Crippen molar-refractivity contribution in [2.45, 2.75) is 31.1 Å². The van der Waals surface area contributed by atoms with Crippen molar-refractivity contribution >= 4 is 27.7 Å². The number of likely N-dealkylation sites (tertiary alicyclic amines) is 1. The lowest BCUT2D eigenvalue weighted by atomic mass is 10.1. The Balaban J connectivity index is 1.95. The molecule has 2 rings (SSSR count). The van der Waals surface area contributed by atoms with E-state index in [-0.39, 0.29) is 61.4 Å². The number of carbonyl (C=O) groups is 3. The fourth-order valence-electron chi connectivity index (χ4n) is 2.78. The Labute approximate surface area is 164 Å². The van der Waals surface area contributed by atoms with Crippen LogP contribution >= 0.6 is 0 Å². The van der Waals surface area contributed by atoms with Gasteiger partial charge in [0.25, 0.3) is 5.91 Å². The zero-order valence-electron chi connectivity index (χ0n) is 16.0. The molecule has 1 aliphatic rings. The molecule has 1 saturated heterocycles. The third kappa shape index (κ3) is 5.60. The quantitative estimate of drug-likeness (QED) is 0.419. The number of aryl methyl sites for hydroxylation is 1. The van der Waals surface area contributed by atoms with Gasteiger partial charge in [-0.15, -0.1) is 0 Å². The zero-order chi connectivity index (χ0) is 20.7. The molecule has 28 heavy (non-hydrogen) atoms. The molecular weight excluding hydrogens is 386 g/mol. The van der Waals surface area contributed by atoms with Gasteiger partial charge >= 0.3 is 0 Å². The number of hydrogen-bond acceptors (Lipinski definition) is 6. The van der Waals surface area contributed by atoms with Crippen LogP contribution in [-0.2, 0) is 24.3 Å². The van der Waals surface area contributed by atoms with Gasteiger partial charge in [0.1, 0.15) is 0 Å². The fourth-order valence-corrected chi connectivity index (χ4v) is 3.82. The summed E-state index contributed by atoms with van der Waals surface area (Å²) >= 11 is 0. The Morgan fingerprint density at radius 2 is 1.86 bits per heavy atom. The van der Waals surface area contributed by atoms with Crippen molar-refractivity contribution < 1.29 is 27.5 Å². The number of amides is 3. The second-order valence-electron chi connectivity index (χ2n) is 6.42. The highest BCUT2D eigenvalue weighted by molar-refractivity contribution is 7.89. The maximum atomic E-state index is 12.4. The number of rotatable bonds is 10. The van der Waals surface area contributed by atoms with Crippen molar-refractivity contribution in [1.29, 1.82) is 0 Å². The summed E-state index contributed by atoms with van der Waals surface area (Å²) in [5.41, 5.74) is 0.890. The third-order valence-corrected chi connectivity index (χ3v) is 5.82. The van der Waals surface area contributed by atoms with Crippen molar-refractivity contribution in [2.24, 2.45) is 0 Å². The first-order valence-electron chi connectivity index (χ1n) is 8.97. The molecule has 0 saturated carbocycles. The number of benzene rings is 1. The standard InChI is InChI=1S/C18H25N3O6S/c1-13-4-5-14(28(25,26)20-9-11-27-2)12-15(13)18(24)19-8-3-10-21-16(22)6-7-17(21)23/h4-5,12,20H,3,6-11H2,1-2H3,(H,19,24). The van der Waals surface area contributed by atoms with E-state index < -0.39 is 15.9 Å². The molecule has 3 amide bonds. The minimum Gasteiger partial charge on any atom is -0.383 e. The highest BCUT2D eigenvalue weighted by Gasteiger charge is 2.28. The summed E-state index contributed by atoms with van der Waals surface area (Å²) in [4.78, 5) is 36.7. The second-order valence-corrected chi connectivity index (χ2v) is 8.18. The summed E-state index contributed by atoms with van der Waals surface area (Å²) in [6.45, 7) is 2.60. The molecule has 0 aliphatic carbocycles. The van der Waals surface area contributed by atoms with Crippen molar-refractivity contribution in [3.63, 3.8) is 0 Å². The predicted molar refractivity (Wildman–Crippen MR) is 101 cm³/mol. The van der Waals surface area contributed by atoms with E-state index >= 15 is 0 Å². The number of hydrogen-bond donors (Lipinski definition) is 2. The van der Waals surface area contributed by atoms with E-state index in [1.54, 1.807) is 13.0 Å². The minimum atomic E-state index is -3.75. The molecule has 0 aromatic heterocycles. The molecule has 0 spiro atoms. The highest BCUT2D eigenvalue weighted by atomic mass is 32.2. The molecule has 1 fully saturated rings. The van der Waals surface area contributed by atoms with E-state index in [2.05, 4.69) is 10.0 Å². The van der Waals surface area contributed by atoms with E-state index in [0.29, 0.717) is 12.0 Å². The molecule has 1 aliphatic heterocycles. The molecule has 2 N–H and O–H groups in total. The third-order valence-electron chi connectivity index (χ3n) is 4.36. The smallest absolute Gasteiger partial charge is 0.251 e. The minimum absolute atomic E-state index is 0.00684. The molecule has 0 radical (unpaired) electrons. The molecule has 0 atom stereocenters. The van der Waals surface area contributed by atoms with Gasteiger partial charge in [-0.1, -0.05) is 6.07 Å². The van der Waals surface area contributed by atoms with E-state index in [0.717, 1.165) is 0 Å². The van der Waals surface area contributed by atoms with Crippen LogP contribution in [0.15, 0.2) is 23.1 Å². The molecule has 154 valence electrons. The summed E-state index contributed by atoms with van der Waals surface area (Å²) < 4.78 is 31.8. The fraction of sp³-hybridized carbons (Fsp3) is 0.500. The maximum absolute atomic E-state index is 12.4. The van der Waals surface area contributed by atoms with Crippen LogP contribution < -0.4 is 10.0 Å². The Kier molecular flexibility index (Phi) is 7.67. The molecule has 9 nitrogen and oxygen atoms in total. The topological polar surface area (TPSA) is 122 Å². The Hall–Kier alpha value is -2.30. The van der Waals surface area contributed by atoms with Crippen LogP contribution in [0.2, 0.25) is 0 Å². The van der Waals surface area contributed by atoms with Crippen LogP contribution in [-0.4, -0.2) is 64.4 Å². The summed E-state index contributed by atoms with van der Waals surface area (Å²) in [6, 6.07) is 4.33. The zero-order valence-corrected chi connectivity index (χ0v) is 16.8.